The maximum Gasteiger partial charge on any atom is 0.328 e. The van der Waals surface area contributed by atoms with Crippen molar-refractivity contribution in [1.29, 1.82) is 0 Å². The Bertz CT molecular complexity index is 283. The summed E-state index contributed by atoms with van der Waals surface area (Å²) >= 11 is 0. The highest BCUT2D eigenvalue weighted by molar-refractivity contribution is 5.79. The van der Waals surface area contributed by atoms with Crippen LogP contribution in [0.1, 0.15) is 20.8 Å². The van der Waals surface area contributed by atoms with Crippen LogP contribution < -0.4 is 0 Å². The summed E-state index contributed by atoms with van der Waals surface area (Å²) < 4.78 is 11.1. The van der Waals surface area contributed by atoms with E-state index < -0.39 is 5.97 Å². The molecule has 0 saturated carbocycles. The van der Waals surface area contributed by atoms with Gasteiger partial charge in [-0.25, -0.2) is 4.79 Å². The Labute approximate surface area is 102 Å². The van der Waals surface area contributed by atoms with Gasteiger partial charge < -0.3 is 14.6 Å². The smallest absolute Gasteiger partial charge is 0.328 e. The van der Waals surface area contributed by atoms with Gasteiger partial charge in [0.2, 0.25) is 0 Å². The molecule has 0 amide bonds. The molecule has 0 radical (unpaired) electrons. The van der Waals surface area contributed by atoms with Crippen LogP contribution in [-0.2, 0) is 14.3 Å². The van der Waals surface area contributed by atoms with Crippen LogP contribution in [0.3, 0.4) is 0 Å². The fourth-order valence-corrected chi connectivity index (χ4v) is 1.44. The Hall–Kier alpha value is -0.910. The summed E-state index contributed by atoms with van der Waals surface area (Å²) in [6.07, 6.45) is 2.54. The lowest BCUT2D eigenvalue weighted by Crippen LogP contribution is -2.44. The number of aliphatic carboxylic acids is 1. The summed E-state index contributed by atoms with van der Waals surface area (Å²) in [7, 11) is 0. The molecule has 5 nitrogen and oxygen atoms in total. The molecule has 1 N–H and O–H groups in total. The molecule has 1 rings (SSSR count). The van der Waals surface area contributed by atoms with Crippen molar-refractivity contribution < 1.29 is 19.4 Å². The maximum absolute atomic E-state index is 10.4. The SMILES string of the molecule is CC(C)(C)OCN1CCO[C@@H](/C=C/C(=O)O)C1. The van der Waals surface area contributed by atoms with Crippen molar-refractivity contribution in [3.8, 4) is 0 Å². The van der Waals surface area contributed by atoms with E-state index in [-0.39, 0.29) is 11.7 Å². The molecule has 0 spiro atoms. The molecule has 98 valence electrons. The van der Waals surface area contributed by atoms with Crippen molar-refractivity contribution in [3.63, 3.8) is 0 Å². The third-order valence-corrected chi connectivity index (χ3v) is 2.31. The average Bonchev–Trinajstić information content (AvgIpc) is 2.23. The Balaban J connectivity index is 2.36. The molecular formula is C12H21NO4. The van der Waals surface area contributed by atoms with Crippen LogP contribution in [0, 0.1) is 0 Å². The standard InChI is InChI=1S/C12H21NO4/c1-12(2,3)17-9-13-6-7-16-10(8-13)4-5-11(14)15/h4-5,10H,6-9H2,1-3H3,(H,14,15)/b5-4+/t10-/m0/s1. The van der Waals surface area contributed by atoms with Crippen LogP contribution in [0.15, 0.2) is 12.2 Å². The topological polar surface area (TPSA) is 59.0 Å². The maximum atomic E-state index is 10.4. The number of morpholine rings is 1. The number of ether oxygens (including phenoxy) is 2. The number of rotatable bonds is 4. The highest BCUT2D eigenvalue weighted by Crippen LogP contribution is 2.11. The summed E-state index contributed by atoms with van der Waals surface area (Å²) in [6, 6.07) is 0. The largest absolute Gasteiger partial charge is 0.478 e. The van der Waals surface area contributed by atoms with E-state index in [2.05, 4.69) is 4.90 Å². The van der Waals surface area contributed by atoms with E-state index in [1.54, 1.807) is 6.08 Å². The Morgan fingerprint density at radius 1 is 1.59 bits per heavy atom. The van der Waals surface area contributed by atoms with Crippen molar-refractivity contribution in [1.82, 2.24) is 4.90 Å². The molecule has 0 aromatic rings. The predicted molar refractivity (Wildman–Crippen MR) is 63.8 cm³/mol. The Kier molecular flexibility index (Phi) is 5.11. The van der Waals surface area contributed by atoms with Crippen LogP contribution in [0.4, 0.5) is 0 Å². The van der Waals surface area contributed by atoms with Crippen LogP contribution in [0.5, 0.6) is 0 Å². The van der Waals surface area contributed by atoms with Crippen molar-refractivity contribution in [2.75, 3.05) is 26.4 Å². The van der Waals surface area contributed by atoms with Crippen LogP contribution in [0.2, 0.25) is 0 Å². The zero-order valence-corrected chi connectivity index (χ0v) is 10.7. The molecule has 1 aliphatic rings. The van der Waals surface area contributed by atoms with Crippen molar-refractivity contribution in [3.05, 3.63) is 12.2 Å². The number of carboxylic acids is 1. The molecule has 0 aromatic carbocycles. The van der Waals surface area contributed by atoms with Gasteiger partial charge in [-0.05, 0) is 26.8 Å². The Morgan fingerprint density at radius 2 is 2.29 bits per heavy atom. The number of hydrogen-bond acceptors (Lipinski definition) is 4. The first-order valence-corrected chi connectivity index (χ1v) is 5.76. The lowest BCUT2D eigenvalue weighted by Gasteiger charge is -2.33. The van der Waals surface area contributed by atoms with Gasteiger partial charge in [-0.15, -0.1) is 0 Å². The third-order valence-electron chi connectivity index (χ3n) is 2.31. The number of carbonyl (C=O) groups is 1. The summed E-state index contributed by atoms with van der Waals surface area (Å²) in [5, 5.41) is 8.54. The van der Waals surface area contributed by atoms with Crippen molar-refractivity contribution in [2.45, 2.75) is 32.5 Å². The van der Waals surface area contributed by atoms with Gasteiger partial charge in [0, 0.05) is 19.2 Å². The molecule has 0 aromatic heterocycles. The van der Waals surface area contributed by atoms with Gasteiger partial charge in [0.25, 0.3) is 0 Å². The molecule has 1 heterocycles. The molecule has 1 saturated heterocycles. The van der Waals surface area contributed by atoms with E-state index >= 15 is 0 Å². The fourth-order valence-electron chi connectivity index (χ4n) is 1.44. The number of nitrogens with zero attached hydrogens (tertiary/aromatic N) is 1. The molecule has 0 bridgehead atoms. The van der Waals surface area contributed by atoms with Crippen molar-refractivity contribution in [2.24, 2.45) is 0 Å². The van der Waals surface area contributed by atoms with E-state index in [9.17, 15) is 4.79 Å². The minimum Gasteiger partial charge on any atom is -0.478 e. The summed E-state index contributed by atoms with van der Waals surface area (Å²) in [6.45, 7) is 8.65. The predicted octanol–water partition coefficient (Wildman–Crippen LogP) is 1.10. The minimum atomic E-state index is -0.948. The Morgan fingerprint density at radius 3 is 2.88 bits per heavy atom. The summed E-state index contributed by atoms with van der Waals surface area (Å²) in [5.41, 5.74) is -0.162. The first-order chi connectivity index (χ1) is 7.87. The molecule has 1 aliphatic heterocycles. The van der Waals surface area contributed by atoms with E-state index in [1.165, 1.54) is 0 Å². The molecule has 0 unspecified atom stereocenters. The van der Waals surface area contributed by atoms with Gasteiger partial charge >= 0.3 is 5.97 Å². The average molecular weight is 243 g/mol. The fraction of sp³-hybridized carbons (Fsp3) is 0.750. The van der Waals surface area contributed by atoms with Crippen LogP contribution >= 0.6 is 0 Å². The zero-order valence-electron chi connectivity index (χ0n) is 10.7. The van der Waals surface area contributed by atoms with Gasteiger partial charge in [-0.2, -0.15) is 0 Å². The lowest BCUT2D eigenvalue weighted by molar-refractivity contribution is -0.131. The zero-order chi connectivity index (χ0) is 12.9. The second-order valence-corrected chi connectivity index (χ2v) is 5.07. The molecule has 1 fully saturated rings. The minimum absolute atomic E-state index is 0.162. The first-order valence-electron chi connectivity index (χ1n) is 5.76. The summed E-state index contributed by atoms with van der Waals surface area (Å²) in [4.78, 5) is 12.5. The van der Waals surface area contributed by atoms with Gasteiger partial charge in [0.15, 0.2) is 0 Å². The normalized spacial score (nSPS) is 23.1. The monoisotopic (exact) mass is 243 g/mol. The van der Waals surface area contributed by atoms with Gasteiger partial charge in [0.1, 0.15) is 0 Å². The third kappa shape index (κ3) is 6.41. The molecule has 0 aliphatic carbocycles. The molecular weight excluding hydrogens is 222 g/mol. The highest BCUT2D eigenvalue weighted by atomic mass is 16.5. The van der Waals surface area contributed by atoms with Gasteiger partial charge in [0.05, 0.1) is 25.0 Å². The number of carboxylic acid groups (broad SMARTS) is 1. The van der Waals surface area contributed by atoms with E-state index in [0.717, 1.165) is 12.6 Å². The number of hydrogen-bond donors (Lipinski definition) is 1. The first kappa shape index (κ1) is 14.2. The quantitative estimate of drug-likeness (QED) is 0.749. The van der Waals surface area contributed by atoms with E-state index in [4.69, 9.17) is 14.6 Å². The molecule has 1 atom stereocenters. The van der Waals surface area contributed by atoms with E-state index in [1.807, 2.05) is 20.8 Å². The molecule has 5 heteroatoms. The second kappa shape index (κ2) is 6.14. The van der Waals surface area contributed by atoms with Gasteiger partial charge in [-0.1, -0.05) is 0 Å². The van der Waals surface area contributed by atoms with Crippen LogP contribution in [0.25, 0.3) is 0 Å². The molecule has 17 heavy (non-hydrogen) atoms. The summed E-state index contributed by atoms with van der Waals surface area (Å²) in [5.74, 6) is -0.948. The van der Waals surface area contributed by atoms with Crippen molar-refractivity contribution >= 4 is 5.97 Å². The highest BCUT2D eigenvalue weighted by Gasteiger charge is 2.20. The lowest BCUT2D eigenvalue weighted by atomic mass is 10.2. The van der Waals surface area contributed by atoms with E-state index in [0.29, 0.717) is 19.9 Å². The second-order valence-electron chi connectivity index (χ2n) is 5.07. The van der Waals surface area contributed by atoms with Gasteiger partial charge in [-0.3, -0.25) is 4.90 Å². The van der Waals surface area contributed by atoms with Crippen LogP contribution in [-0.4, -0.2) is 54.1 Å².